The maximum atomic E-state index is 12.3. The van der Waals surface area contributed by atoms with Crippen LogP contribution in [0.25, 0.3) is 0 Å². The van der Waals surface area contributed by atoms with E-state index < -0.39 is 34.4 Å². The molecule has 0 bridgehead atoms. The van der Waals surface area contributed by atoms with Gasteiger partial charge in [0.1, 0.15) is 17.1 Å². The van der Waals surface area contributed by atoms with Gasteiger partial charge in [-0.1, -0.05) is 0 Å². The summed E-state index contributed by atoms with van der Waals surface area (Å²) in [6.45, 7) is 1.54. The minimum Gasteiger partial charge on any atom is -0.507 e. The summed E-state index contributed by atoms with van der Waals surface area (Å²) in [5.74, 6) is -1.26. The standard InChI is InChI=1S/C16H21NO7S/c1-3-17(11-6-7-25(21,22)10-11)15(19)9-24-16(20)13-5-4-12(23-2)8-14(13)18/h4-5,8,11,18H,3,6-7,9-10H2,1-2H3/t11-/m1/s1. The first-order valence-corrected chi connectivity index (χ1v) is 9.63. The Balaban J connectivity index is 1.97. The molecule has 1 aliphatic rings. The summed E-state index contributed by atoms with van der Waals surface area (Å²) in [5, 5.41) is 9.80. The Morgan fingerprint density at radius 2 is 2.08 bits per heavy atom. The number of phenolic OH excluding ortho intramolecular Hbond substituents is 1. The van der Waals surface area contributed by atoms with E-state index >= 15 is 0 Å². The molecule has 1 atom stereocenters. The number of hydrogen-bond acceptors (Lipinski definition) is 7. The van der Waals surface area contributed by atoms with Crippen molar-refractivity contribution in [3.05, 3.63) is 23.8 Å². The van der Waals surface area contributed by atoms with E-state index in [-0.39, 0.29) is 22.8 Å². The van der Waals surface area contributed by atoms with Crippen molar-refractivity contribution in [1.29, 1.82) is 0 Å². The fourth-order valence-electron chi connectivity index (χ4n) is 2.76. The molecule has 1 heterocycles. The third kappa shape index (κ3) is 4.62. The molecule has 1 amide bonds. The van der Waals surface area contributed by atoms with Crippen molar-refractivity contribution >= 4 is 21.7 Å². The lowest BCUT2D eigenvalue weighted by atomic mass is 10.2. The minimum atomic E-state index is -3.12. The van der Waals surface area contributed by atoms with Crippen molar-refractivity contribution in [2.75, 3.05) is 31.8 Å². The molecule has 0 radical (unpaired) electrons. The highest BCUT2D eigenvalue weighted by Gasteiger charge is 2.34. The van der Waals surface area contributed by atoms with Crippen LogP contribution in [0.3, 0.4) is 0 Å². The lowest BCUT2D eigenvalue weighted by Crippen LogP contribution is -2.43. The number of benzene rings is 1. The molecule has 1 saturated heterocycles. The van der Waals surface area contributed by atoms with Crippen molar-refractivity contribution in [1.82, 2.24) is 4.90 Å². The fourth-order valence-corrected chi connectivity index (χ4v) is 4.49. The summed E-state index contributed by atoms with van der Waals surface area (Å²) in [5.41, 5.74) is -0.0832. The number of sulfone groups is 1. The van der Waals surface area contributed by atoms with E-state index in [2.05, 4.69) is 0 Å². The number of esters is 1. The van der Waals surface area contributed by atoms with Gasteiger partial charge in [-0.05, 0) is 25.5 Å². The second-order valence-corrected chi connectivity index (χ2v) is 7.92. The summed E-state index contributed by atoms with van der Waals surface area (Å²) in [6.07, 6.45) is 0.384. The molecule has 1 aliphatic heterocycles. The number of amides is 1. The number of ether oxygens (including phenoxy) is 2. The third-order valence-corrected chi connectivity index (χ3v) is 5.81. The first kappa shape index (κ1) is 19.0. The Kier molecular flexibility index (Phi) is 5.89. The molecule has 138 valence electrons. The Hall–Kier alpha value is -2.29. The molecule has 1 aromatic rings. The SMILES string of the molecule is CCN(C(=O)COC(=O)c1ccc(OC)cc1O)[C@@H]1CCS(=O)(=O)C1. The quantitative estimate of drug-likeness (QED) is 0.729. The number of phenols is 1. The highest BCUT2D eigenvalue weighted by molar-refractivity contribution is 7.91. The van der Waals surface area contributed by atoms with Gasteiger partial charge in [-0.2, -0.15) is 0 Å². The Morgan fingerprint density at radius 3 is 2.60 bits per heavy atom. The highest BCUT2D eigenvalue weighted by atomic mass is 32.2. The monoisotopic (exact) mass is 371 g/mol. The molecule has 25 heavy (non-hydrogen) atoms. The zero-order chi connectivity index (χ0) is 18.6. The predicted molar refractivity (Wildman–Crippen MR) is 89.4 cm³/mol. The van der Waals surface area contributed by atoms with Gasteiger partial charge < -0.3 is 19.5 Å². The van der Waals surface area contributed by atoms with E-state index in [4.69, 9.17) is 9.47 Å². The van der Waals surface area contributed by atoms with E-state index in [0.717, 1.165) is 0 Å². The van der Waals surface area contributed by atoms with Crippen LogP contribution in [0.4, 0.5) is 0 Å². The van der Waals surface area contributed by atoms with Crippen molar-refractivity contribution in [2.45, 2.75) is 19.4 Å². The third-order valence-electron chi connectivity index (χ3n) is 4.06. The van der Waals surface area contributed by atoms with Gasteiger partial charge >= 0.3 is 5.97 Å². The van der Waals surface area contributed by atoms with E-state index in [9.17, 15) is 23.1 Å². The zero-order valence-corrected chi connectivity index (χ0v) is 14.9. The van der Waals surface area contributed by atoms with E-state index in [1.165, 1.54) is 30.2 Å². The van der Waals surface area contributed by atoms with E-state index in [1.807, 2.05) is 0 Å². The molecule has 0 saturated carbocycles. The van der Waals surface area contributed by atoms with Crippen molar-refractivity contribution in [3.8, 4) is 11.5 Å². The molecule has 8 nitrogen and oxygen atoms in total. The Morgan fingerprint density at radius 1 is 1.36 bits per heavy atom. The number of methoxy groups -OCH3 is 1. The van der Waals surface area contributed by atoms with Gasteiger partial charge in [-0.25, -0.2) is 13.2 Å². The lowest BCUT2D eigenvalue weighted by molar-refractivity contribution is -0.136. The van der Waals surface area contributed by atoms with Crippen LogP contribution in [0, 0.1) is 0 Å². The largest absolute Gasteiger partial charge is 0.507 e. The van der Waals surface area contributed by atoms with Crippen molar-refractivity contribution in [3.63, 3.8) is 0 Å². The molecular formula is C16H21NO7S. The predicted octanol–water partition coefficient (Wildman–Crippen LogP) is 0.593. The fraction of sp³-hybridized carbons (Fsp3) is 0.500. The molecular weight excluding hydrogens is 350 g/mol. The molecule has 9 heteroatoms. The molecule has 0 spiro atoms. The zero-order valence-electron chi connectivity index (χ0n) is 14.1. The molecule has 0 aromatic heterocycles. The molecule has 0 aliphatic carbocycles. The van der Waals surface area contributed by atoms with E-state index in [1.54, 1.807) is 6.92 Å². The van der Waals surface area contributed by atoms with Gasteiger partial charge in [0.25, 0.3) is 5.91 Å². The van der Waals surface area contributed by atoms with Crippen LogP contribution >= 0.6 is 0 Å². The number of rotatable bonds is 6. The minimum absolute atomic E-state index is 0.0565. The average molecular weight is 371 g/mol. The summed E-state index contributed by atoms with van der Waals surface area (Å²) in [4.78, 5) is 25.7. The summed E-state index contributed by atoms with van der Waals surface area (Å²) >= 11 is 0. The van der Waals surface area contributed by atoms with Crippen LogP contribution in [-0.4, -0.2) is 68.1 Å². The second kappa shape index (κ2) is 7.73. The summed E-state index contributed by atoms with van der Waals surface area (Å²) in [6, 6.07) is 3.69. The van der Waals surface area contributed by atoms with Gasteiger partial charge in [0.05, 0.1) is 18.6 Å². The number of likely N-dealkylation sites (N-methyl/N-ethyl adjacent to an activating group) is 1. The van der Waals surface area contributed by atoms with Gasteiger partial charge in [-0.3, -0.25) is 4.79 Å². The van der Waals surface area contributed by atoms with Crippen LogP contribution in [0.5, 0.6) is 11.5 Å². The number of hydrogen-bond donors (Lipinski definition) is 1. The molecule has 2 rings (SSSR count). The number of nitrogens with zero attached hydrogens (tertiary/aromatic N) is 1. The van der Waals surface area contributed by atoms with Gasteiger partial charge in [-0.15, -0.1) is 0 Å². The van der Waals surface area contributed by atoms with Crippen molar-refractivity contribution in [2.24, 2.45) is 0 Å². The van der Waals surface area contributed by atoms with Gasteiger partial charge in [0.2, 0.25) is 0 Å². The summed E-state index contributed by atoms with van der Waals surface area (Å²) in [7, 11) is -1.69. The van der Waals surface area contributed by atoms with Crippen LogP contribution in [0.2, 0.25) is 0 Å². The first-order valence-electron chi connectivity index (χ1n) is 7.81. The molecule has 1 N–H and O–H groups in total. The number of carbonyl (C=O) groups is 2. The lowest BCUT2D eigenvalue weighted by Gasteiger charge is -2.26. The van der Waals surface area contributed by atoms with Crippen LogP contribution in [0.1, 0.15) is 23.7 Å². The Bertz CT molecular complexity index is 760. The average Bonchev–Trinajstić information content (AvgIpc) is 2.92. The normalized spacial score (nSPS) is 18.6. The summed E-state index contributed by atoms with van der Waals surface area (Å²) < 4.78 is 33.0. The molecule has 0 unspecified atom stereocenters. The number of carbonyl (C=O) groups excluding carboxylic acids is 2. The van der Waals surface area contributed by atoms with Gasteiger partial charge in [0, 0.05) is 18.7 Å². The maximum absolute atomic E-state index is 12.3. The smallest absolute Gasteiger partial charge is 0.342 e. The molecule has 1 aromatic carbocycles. The second-order valence-electron chi connectivity index (χ2n) is 5.70. The van der Waals surface area contributed by atoms with Crippen molar-refractivity contribution < 1.29 is 32.6 Å². The first-order chi connectivity index (χ1) is 11.8. The van der Waals surface area contributed by atoms with E-state index in [0.29, 0.717) is 18.7 Å². The van der Waals surface area contributed by atoms with Crippen LogP contribution in [0.15, 0.2) is 18.2 Å². The molecule has 1 fully saturated rings. The van der Waals surface area contributed by atoms with Gasteiger partial charge in [0.15, 0.2) is 16.4 Å². The highest BCUT2D eigenvalue weighted by Crippen LogP contribution is 2.24. The maximum Gasteiger partial charge on any atom is 0.342 e. The number of aromatic hydroxyl groups is 1. The Labute approximate surface area is 146 Å². The van der Waals surface area contributed by atoms with Crippen LogP contribution < -0.4 is 4.74 Å². The topological polar surface area (TPSA) is 110 Å². The van der Waals surface area contributed by atoms with Crippen LogP contribution in [-0.2, 0) is 19.4 Å².